The van der Waals surface area contributed by atoms with Gasteiger partial charge >= 0.3 is 0 Å². The lowest BCUT2D eigenvalue weighted by molar-refractivity contribution is 0.631. The highest BCUT2D eigenvalue weighted by Gasteiger charge is 2.21. The van der Waals surface area contributed by atoms with Crippen LogP contribution in [-0.2, 0) is 0 Å². The van der Waals surface area contributed by atoms with E-state index in [-0.39, 0.29) is 0 Å². The zero-order valence-electron chi connectivity index (χ0n) is 11.6. The standard InChI is InChI=1S/C15H27NSi/c1-4-5-9-12-16-13-14-17(2,3)15-10-7-6-8-11-15/h6-8,10-11,16H,4-5,9,12-14H2,1-3H3. The number of nitrogens with one attached hydrogen (secondary N) is 1. The quantitative estimate of drug-likeness (QED) is 0.550. The third kappa shape index (κ3) is 5.51. The minimum absolute atomic E-state index is 1.18. The predicted molar refractivity (Wildman–Crippen MR) is 80.8 cm³/mol. The largest absolute Gasteiger partial charge is 0.317 e. The number of unbranched alkanes of at least 4 members (excludes halogenated alkanes) is 2. The molecule has 1 N–H and O–H groups in total. The summed E-state index contributed by atoms with van der Waals surface area (Å²) < 4.78 is 0. The first-order chi connectivity index (χ1) is 8.17. The molecule has 1 rings (SSSR count). The van der Waals surface area contributed by atoms with E-state index in [1.807, 2.05) is 0 Å². The topological polar surface area (TPSA) is 12.0 Å². The summed E-state index contributed by atoms with van der Waals surface area (Å²) in [5.74, 6) is 0. The molecule has 0 aliphatic heterocycles. The zero-order valence-corrected chi connectivity index (χ0v) is 12.6. The summed E-state index contributed by atoms with van der Waals surface area (Å²) in [6.07, 6.45) is 3.99. The van der Waals surface area contributed by atoms with E-state index in [0.717, 1.165) is 0 Å². The molecule has 0 unspecified atom stereocenters. The maximum atomic E-state index is 3.58. The van der Waals surface area contributed by atoms with E-state index in [1.165, 1.54) is 38.4 Å². The van der Waals surface area contributed by atoms with Gasteiger partial charge in [0, 0.05) is 0 Å². The fraction of sp³-hybridized carbons (Fsp3) is 0.600. The third-order valence-corrected chi connectivity index (χ3v) is 6.84. The number of rotatable bonds is 8. The van der Waals surface area contributed by atoms with Crippen LogP contribution in [-0.4, -0.2) is 21.2 Å². The van der Waals surface area contributed by atoms with Crippen LogP contribution >= 0.6 is 0 Å². The van der Waals surface area contributed by atoms with Gasteiger partial charge in [0.25, 0.3) is 0 Å². The van der Waals surface area contributed by atoms with Gasteiger partial charge in [-0.05, 0) is 25.6 Å². The third-order valence-electron chi connectivity index (χ3n) is 3.44. The molecule has 0 saturated carbocycles. The van der Waals surface area contributed by atoms with Gasteiger partial charge in [-0.15, -0.1) is 0 Å². The first-order valence-corrected chi connectivity index (χ1v) is 10.1. The molecule has 17 heavy (non-hydrogen) atoms. The predicted octanol–water partition coefficient (Wildman–Crippen LogP) is 3.38. The second-order valence-corrected chi connectivity index (χ2v) is 10.3. The fourth-order valence-electron chi connectivity index (χ4n) is 2.06. The summed E-state index contributed by atoms with van der Waals surface area (Å²) >= 11 is 0. The average Bonchev–Trinajstić information content (AvgIpc) is 2.35. The maximum absolute atomic E-state index is 3.58. The highest BCUT2D eigenvalue weighted by Crippen LogP contribution is 2.08. The molecule has 96 valence electrons. The van der Waals surface area contributed by atoms with Gasteiger partial charge in [-0.3, -0.25) is 0 Å². The van der Waals surface area contributed by atoms with Gasteiger partial charge in [0.2, 0.25) is 0 Å². The SMILES string of the molecule is CCCCCNCC[Si](C)(C)c1ccccc1. The molecule has 0 spiro atoms. The molecule has 2 heteroatoms. The van der Waals surface area contributed by atoms with Crippen molar-refractivity contribution in [2.75, 3.05) is 13.1 Å². The highest BCUT2D eigenvalue weighted by atomic mass is 28.3. The van der Waals surface area contributed by atoms with Crippen LogP contribution in [0.2, 0.25) is 19.1 Å². The Labute approximate surface area is 108 Å². The van der Waals surface area contributed by atoms with Gasteiger partial charge in [-0.25, -0.2) is 0 Å². The molecule has 1 aromatic rings. The van der Waals surface area contributed by atoms with E-state index in [2.05, 4.69) is 55.7 Å². The average molecular weight is 249 g/mol. The molecule has 0 atom stereocenters. The van der Waals surface area contributed by atoms with E-state index in [9.17, 15) is 0 Å². The molecule has 1 nitrogen and oxygen atoms in total. The number of hydrogen-bond acceptors (Lipinski definition) is 1. The van der Waals surface area contributed by atoms with Crippen LogP contribution < -0.4 is 10.5 Å². The summed E-state index contributed by atoms with van der Waals surface area (Å²) in [5, 5.41) is 5.16. The Bertz CT molecular complexity index is 295. The first kappa shape index (κ1) is 14.5. The number of hydrogen-bond donors (Lipinski definition) is 1. The van der Waals surface area contributed by atoms with Crippen LogP contribution in [0, 0.1) is 0 Å². The second kappa shape index (κ2) is 7.67. The Morgan fingerprint density at radius 2 is 1.71 bits per heavy atom. The van der Waals surface area contributed by atoms with Crippen molar-refractivity contribution in [1.29, 1.82) is 0 Å². The molecular formula is C15H27NSi. The molecular weight excluding hydrogens is 222 g/mol. The van der Waals surface area contributed by atoms with E-state index in [4.69, 9.17) is 0 Å². The van der Waals surface area contributed by atoms with Crippen molar-refractivity contribution in [3.8, 4) is 0 Å². The lowest BCUT2D eigenvalue weighted by Crippen LogP contribution is -2.43. The van der Waals surface area contributed by atoms with Gasteiger partial charge < -0.3 is 5.32 Å². The first-order valence-electron chi connectivity index (χ1n) is 6.93. The van der Waals surface area contributed by atoms with Crippen LogP contribution in [0.3, 0.4) is 0 Å². The normalized spacial score (nSPS) is 11.7. The van der Waals surface area contributed by atoms with E-state index in [1.54, 1.807) is 5.19 Å². The van der Waals surface area contributed by atoms with Crippen molar-refractivity contribution < 1.29 is 0 Å². The molecule has 0 fully saturated rings. The van der Waals surface area contributed by atoms with Crippen molar-refractivity contribution >= 4 is 13.3 Å². The lowest BCUT2D eigenvalue weighted by atomic mass is 10.2. The van der Waals surface area contributed by atoms with Crippen LogP contribution in [0.15, 0.2) is 30.3 Å². The summed E-state index contributed by atoms with van der Waals surface area (Å²) in [5.41, 5.74) is 0. The molecule has 0 aromatic heterocycles. The Balaban J connectivity index is 2.26. The Hall–Kier alpha value is -0.603. The van der Waals surface area contributed by atoms with Crippen LogP contribution in [0.1, 0.15) is 26.2 Å². The molecule has 0 heterocycles. The van der Waals surface area contributed by atoms with Crippen LogP contribution in [0.5, 0.6) is 0 Å². The highest BCUT2D eigenvalue weighted by molar-refractivity contribution is 6.89. The van der Waals surface area contributed by atoms with Crippen molar-refractivity contribution in [2.24, 2.45) is 0 Å². The van der Waals surface area contributed by atoms with Crippen molar-refractivity contribution in [3.63, 3.8) is 0 Å². The van der Waals surface area contributed by atoms with E-state index < -0.39 is 8.07 Å². The smallest absolute Gasteiger partial charge is 0.0818 e. The molecule has 1 aromatic carbocycles. The molecule has 0 bridgehead atoms. The molecule has 0 saturated heterocycles. The van der Waals surface area contributed by atoms with Gasteiger partial charge in [-0.2, -0.15) is 0 Å². The number of benzene rings is 1. The maximum Gasteiger partial charge on any atom is 0.0818 e. The Kier molecular flexibility index (Phi) is 6.52. The summed E-state index contributed by atoms with van der Waals surface area (Å²) in [4.78, 5) is 0. The molecule has 0 aliphatic rings. The fourth-order valence-corrected chi connectivity index (χ4v) is 4.24. The molecule has 0 aliphatic carbocycles. The van der Waals surface area contributed by atoms with Crippen LogP contribution in [0.4, 0.5) is 0 Å². The van der Waals surface area contributed by atoms with Gasteiger partial charge in [0.05, 0.1) is 8.07 Å². The van der Waals surface area contributed by atoms with Gasteiger partial charge in [0.15, 0.2) is 0 Å². The Morgan fingerprint density at radius 3 is 2.35 bits per heavy atom. The van der Waals surface area contributed by atoms with Crippen LogP contribution in [0.25, 0.3) is 0 Å². The molecule has 0 radical (unpaired) electrons. The summed E-state index contributed by atoms with van der Waals surface area (Å²) in [6, 6.07) is 12.4. The molecule has 0 amide bonds. The van der Waals surface area contributed by atoms with Gasteiger partial charge in [0.1, 0.15) is 0 Å². The van der Waals surface area contributed by atoms with Crippen molar-refractivity contribution in [1.82, 2.24) is 5.32 Å². The van der Waals surface area contributed by atoms with Gasteiger partial charge in [-0.1, -0.05) is 68.4 Å². The summed E-state index contributed by atoms with van der Waals surface area (Å²) in [7, 11) is -1.21. The van der Waals surface area contributed by atoms with E-state index in [0.29, 0.717) is 0 Å². The minimum Gasteiger partial charge on any atom is -0.317 e. The van der Waals surface area contributed by atoms with Crippen molar-refractivity contribution in [3.05, 3.63) is 30.3 Å². The monoisotopic (exact) mass is 249 g/mol. The summed E-state index contributed by atoms with van der Waals surface area (Å²) in [6.45, 7) is 9.56. The Morgan fingerprint density at radius 1 is 1.00 bits per heavy atom. The van der Waals surface area contributed by atoms with Crippen molar-refractivity contribution in [2.45, 2.75) is 45.3 Å². The minimum atomic E-state index is -1.21. The zero-order chi connectivity index (χ0) is 12.6. The second-order valence-electron chi connectivity index (χ2n) is 5.46. The lowest BCUT2D eigenvalue weighted by Gasteiger charge is -2.23. The van der Waals surface area contributed by atoms with E-state index >= 15 is 0 Å².